The number of rotatable bonds is 7. The van der Waals surface area contributed by atoms with Gasteiger partial charge < -0.3 is 19.1 Å². The normalized spacial score (nSPS) is 13.5. The molecule has 38 heavy (non-hydrogen) atoms. The highest BCUT2D eigenvalue weighted by molar-refractivity contribution is 5.97. The van der Waals surface area contributed by atoms with Gasteiger partial charge in [0.15, 0.2) is 23.1 Å². The van der Waals surface area contributed by atoms with E-state index in [9.17, 15) is 4.79 Å². The van der Waals surface area contributed by atoms with Gasteiger partial charge in [-0.15, -0.1) is 0 Å². The summed E-state index contributed by atoms with van der Waals surface area (Å²) in [5.74, 6) is -1.65. The molecule has 0 radical (unpaired) electrons. The van der Waals surface area contributed by atoms with Gasteiger partial charge in [0.25, 0.3) is 5.91 Å². The minimum Gasteiger partial charge on any atom is -0.490 e. The van der Waals surface area contributed by atoms with Crippen molar-refractivity contribution in [2.24, 2.45) is 0 Å². The van der Waals surface area contributed by atoms with Crippen LogP contribution in [0.2, 0.25) is 0 Å². The minimum atomic E-state index is -1.19. The first kappa shape index (κ1) is 25.5. The number of morpholine rings is 1. The third-order valence-corrected chi connectivity index (χ3v) is 6.31. The van der Waals surface area contributed by atoms with Crippen molar-refractivity contribution in [1.29, 1.82) is 0 Å². The predicted molar refractivity (Wildman–Crippen MR) is 139 cm³/mol. The number of benzene rings is 3. The van der Waals surface area contributed by atoms with Crippen LogP contribution in [0.25, 0.3) is 33.4 Å². The second-order valence-electron chi connectivity index (χ2n) is 8.65. The van der Waals surface area contributed by atoms with E-state index in [0.29, 0.717) is 73.3 Å². The van der Waals surface area contributed by atoms with Crippen LogP contribution in [0.15, 0.2) is 54.7 Å². The minimum absolute atomic E-state index is 0.000207. The lowest BCUT2D eigenvalue weighted by Gasteiger charge is -2.27. The Balaban J connectivity index is 1.56. The zero-order valence-electron chi connectivity index (χ0n) is 21.2. The standard InChI is InChI=1S/C29H27F2N3O4/c1-3-37-24-11-8-18(16-25(24)38-4-2)23-17-32-22-7-5-6-20(28(22)33-23)19-9-10-21(27(31)26(19)30)29(35)34-12-14-36-15-13-34/h5-11,16-17H,3-4,12-15H2,1-2H3. The maximum Gasteiger partial charge on any atom is 0.257 e. The monoisotopic (exact) mass is 519 g/mol. The summed E-state index contributed by atoms with van der Waals surface area (Å²) in [7, 11) is 0. The molecule has 2 heterocycles. The molecule has 0 saturated carbocycles. The molecule has 7 nitrogen and oxygen atoms in total. The fourth-order valence-corrected chi connectivity index (χ4v) is 4.46. The molecule has 0 unspecified atom stereocenters. The van der Waals surface area contributed by atoms with Gasteiger partial charge in [-0.1, -0.05) is 18.2 Å². The van der Waals surface area contributed by atoms with Crippen LogP contribution in [-0.4, -0.2) is 60.3 Å². The molecule has 1 fully saturated rings. The summed E-state index contributed by atoms with van der Waals surface area (Å²) in [5, 5.41) is 0. The number of aromatic nitrogens is 2. The van der Waals surface area contributed by atoms with Crippen LogP contribution in [-0.2, 0) is 4.74 Å². The van der Waals surface area contributed by atoms with E-state index in [0.717, 1.165) is 5.56 Å². The van der Waals surface area contributed by atoms with E-state index >= 15 is 8.78 Å². The Bertz CT molecular complexity index is 1490. The molecule has 1 aliphatic rings. The van der Waals surface area contributed by atoms with Crippen LogP contribution >= 0.6 is 0 Å². The zero-order chi connectivity index (χ0) is 26.6. The van der Waals surface area contributed by atoms with Gasteiger partial charge in [-0.25, -0.2) is 13.8 Å². The third-order valence-electron chi connectivity index (χ3n) is 6.31. The summed E-state index contributed by atoms with van der Waals surface area (Å²) in [6.07, 6.45) is 1.62. The van der Waals surface area contributed by atoms with E-state index in [2.05, 4.69) is 4.98 Å². The first-order valence-electron chi connectivity index (χ1n) is 12.5. The summed E-state index contributed by atoms with van der Waals surface area (Å²) >= 11 is 0. The number of hydrogen-bond donors (Lipinski definition) is 0. The Morgan fingerprint density at radius 2 is 1.71 bits per heavy atom. The van der Waals surface area contributed by atoms with Crippen molar-refractivity contribution in [1.82, 2.24) is 14.9 Å². The summed E-state index contributed by atoms with van der Waals surface area (Å²) in [6, 6.07) is 13.3. The Hall–Kier alpha value is -4.11. The smallest absolute Gasteiger partial charge is 0.257 e. The van der Waals surface area contributed by atoms with E-state index in [-0.39, 0.29) is 11.1 Å². The maximum absolute atomic E-state index is 15.4. The van der Waals surface area contributed by atoms with Crippen LogP contribution in [0.1, 0.15) is 24.2 Å². The van der Waals surface area contributed by atoms with Gasteiger partial charge in [0.05, 0.1) is 54.9 Å². The molecule has 0 atom stereocenters. The molecule has 5 rings (SSSR count). The Morgan fingerprint density at radius 1 is 0.947 bits per heavy atom. The highest BCUT2D eigenvalue weighted by Crippen LogP contribution is 2.35. The molecule has 9 heteroatoms. The molecule has 1 saturated heterocycles. The fourth-order valence-electron chi connectivity index (χ4n) is 4.46. The summed E-state index contributed by atoms with van der Waals surface area (Å²) in [4.78, 5) is 23.5. The lowest BCUT2D eigenvalue weighted by molar-refractivity contribution is 0.0299. The predicted octanol–water partition coefficient (Wildman–Crippen LogP) is 5.51. The van der Waals surface area contributed by atoms with Crippen molar-refractivity contribution < 1.29 is 27.8 Å². The zero-order valence-corrected chi connectivity index (χ0v) is 21.2. The van der Waals surface area contributed by atoms with Crippen molar-refractivity contribution in [3.63, 3.8) is 0 Å². The van der Waals surface area contributed by atoms with Gasteiger partial charge in [-0.2, -0.15) is 0 Å². The summed E-state index contributed by atoms with van der Waals surface area (Å²) in [6.45, 7) is 6.14. The lowest BCUT2D eigenvalue weighted by atomic mass is 10.00. The molecular weight excluding hydrogens is 492 g/mol. The first-order valence-corrected chi connectivity index (χ1v) is 12.5. The van der Waals surface area contributed by atoms with Crippen molar-refractivity contribution >= 4 is 16.9 Å². The molecule has 0 aliphatic carbocycles. The molecule has 0 bridgehead atoms. The third kappa shape index (κ3) is 4.89. The number of amides is 1. The van der Waals surface area contributed by atoms with E-state index < -0.39 is 17.5 Å². The number of carbonyl (C=O) groups excluding carboxylic acids is 1. The SMILES string of the molecule is CCOc1ccc(-c2cnc3cccc(-c4ccc(C(=O)N5CCOCC5)c(F)c4F)c3n2)cc1OCC. The first-order chi connectivity index (χ1) is 18.5. The number of halogens is 2. The fraction of sp³-hybridized carbons (Fsp3) is 0.276. The molecular formula is C29H27F2N3O4. The number of fused-ring (bicyclic) bond motifs is 1. The van der Waals surface area contributed by atoms with Gasteiger partial charge in [-0.3, -0.25) is 9.78 Å². The second kappa shape index (κ2) is 11.1. The molecule has 1 amide bonds. The molecule has 0 N–H and O–H groups in total. The number of carbonyl (C=O) groups is 1. The average Bonchev–Trinajstić information content (AvgIpc) is 2.95. The van der Waals surface area contributed by atoms with Crippen LogP contribution in [0.4, 0.5) is 8.78 Å². The molecule has 1 aromatic heterocycles. The van der Waals surface area contributed by atoms with Crippen LogP contribution in [0, 0.1) is 11.6 Å². The molecule has 196 valence electrons. The van der Waals surface area contributed by atoms with Gasteiger partial charge >= 0.3 is 0 Å². The second-order valence-corrected chi connectivity index (χ2v) is 8.65. The van der Waals surface area contributed by atoms with E-state index in [4.69, 9.17) is 19.2 Å². The number of para-hydroxylation sites is 1. The molecule has 3 aromatic carbocycles. The van der Waals surface area contributed by atoms with Crippen molar-refractivity contribution in [3.05, 3.63) is 71.9 Å². The lowest BCUT2D eigenvalue weighted by Crippen LogP contribution is -2.41. The quantitative estimate of drug-likeness (QED) is 0.321. The number of nitrogens with zero attached hydrogens (tertiary/aromatic N) is 3. The highest BCUT2D eigenvalue weighted by Gasteiger charge is 2.25. The number of ether oxygens (including phenoxy) is 3. The van der Waals surface area contributed by atoms with Gasteiger partial charge in [-0.05, 0) is 44.2 Å². The average molecular weight is 520 g/mol. The largest absolute Gasteiger partial charge is 0.490 e. The Kier molecular flexibility index (Phi) is 7.46. The van der Waals surface area contributed by atoms with Gasteiger partial charge in [0.2, 0.25) is 0 Å². The van der Waals surface area contributed by atoms with Crippen molar-refractivity contribution in [2.45, 2.75) is 13.8 Å². The van der Waals surface area contributed by atoms with Crippen LogP contribution in [0.3, 0.4) is 0 Å². The van der Waals surface area contributed by atoms with E-state index in [1.165, 1.54) is 17.0 Å². The maximum atomic E-state index is 15.4. The Morgan fingerprint density at radius 3 is 2.47 bits per heavy atom. The summed E-state index contributed by atoms with van der Waals surface area (Å²) in [5.41, 5.74) is 2.26. The van der Waals surface area contributed by atoms with Crippen LogP contribution in [0.5, 0.6) is 11.5 Å². The molecule has 0 spiro atoms. The van der Waals surface area contributed by atoms with E-state index in [1.54, 1.807) is 30.5 Å². The van der Waals surface area contributed by atoms with E-state index in [1.807, 2.05) is 26.0 Å². The van der Waals surface area contributed by atoms with Gasteiger partial charge in [0, 0.05) is 29.8 Å². The number of hydrogen-bond acceptors (Lipinski definition) is 6. The van der Waals surface area contributed by atoms with Gasteiger partial charge in [0.1, 0.15) is 0 Å². The van der Waals surface area contributed by atoms with Crippen molar-refractivity contribution in [2.75, 3.05) is 39.5 Å². The Labute approximate surface area is 219 Å². The summed E-state index contributed by atoms with van der Waals surface area (Å²) < 4.78 is 47.3. The highest BCUT2D eigenvalue weighted by atomic mass is 19.2. The van der Waals surface area contributed by atoms with Crippen LogP contribution < -0.4 is 9.47 Å². The topological polar surface area (TPSA) is 73.8 Å². The molecule has 4 aromatic rings. The van der Waals surface area contributed by atoms with Crippen molar-refractivity contribution in [3.8, 4) is 33.9 Å². The molecule has 1 aliphatic heterocycles.